The van der Waals surface area contributed by atoms with E-state index < -0.39 is 0 Å². The first kappa shape index (κ1) is 25.7. The van der Waals surface area contributed by atoms with Crippen LogP contribution in [0.2, 0.25) is 5.02 Å². The molecule has 0 atom stereocenters. The van der Waals surface area contributed by atoms with Crippen molar-refractivity contribution in [1.29, 1.82) is 0 Å². The molecule has 7 heteroatoms. The fraction of sp³-hybridized carbons (Fsp3) is 0.696. The van der Waals surface area contributed by atoms with E-state index in [0.717, 1.165) is 69.7 Å². The van der Waals surface area contributed by atoms with E-state index in [1.165, 1.54) is 24.8 Å². The molecule has 1 aromatic rings. The second-order valence-electron chi connectivity index (χ2n) is 8.55. The number of benzene rings is 1. The highest BCUT2D eigenvalue weighted by Crippen LogP contribution is 2.44. The molecule has 1 heterocycles. The largest absolute Gasteiger partial charge is 0.385 e. The second kappa shape index (κ2) is 12.5. The lowest BCUT2D eigenvalue weighted by Gasteiger charge is -2.41. The molecule has 1 aromatic carbocycles. The van der Waals surface area contributed by atoms with Crippen molar-refractivity contribution in [2.45, 2.75) is 50.9 Å². The normalized spacial score (nSPS) is 20.0. The van der Waals surface area contributed by atoms with Crippen molar-refractivity contribution >= 4 is 41.5 Å². The maximum Gasteiger partial charge on any atom is 0.191 e. The van der Waals surface area contributed by atoms with Gasteiger partial charge in [-0.25, -0.2) is 0 Å². The highest BCUT2D eigenvalue weighted by molar-refractivity contribution is 14.0. The van der Waals surface area contributed by atoms with E-state index in [4.69, 9.17) is 26.1 Å². The third kappa shape index (κ3) is 6.71. The molecular formula is C23H37ClIN3O2. The Balaban J connectivity index is 0.00000320. The summed E-state index contributed by atoms with van der Waals surface area (Å²) in [6.45, 7) is 7.03. The van der Waals surface area contributed by atoms with Gasteiger partial charge in [-0.2, -0.15) is 0 Å². The number of rotatable bonds is 9. The molecule has 5 nitrogen and oxygen atoms in total. The SMILES string of the molecule is CCNC(=NCC1(CCOC)CCC1)NCC1(c2cccc(Cl)c2)CCOCC1.I. The van der Waals surface area contributed by atoms with E-state index in [0.29, 0.717) is 5.41 Å². The lowest BCUT2D eigenvalue weighted by atomic mass is 9.67. The van der Waals surface area contributed by atoms with Crippen LogP contribution in [-0.2, 0) is 14.9 Å². The number of hydrogen-bond donors (Lipinski definition) is 2. The van der Waals surface area contributed by atoms with Crippen LogP contribution in [0.4, 0.5) is 0 Å². The zero-order valence-electron chi connectivity index (χ0n) is 18.3. The van der Waals surface area contributed by atoms with Gasteiger partial charge in [0.1, 0.15) is 0 Å². The van der Waals surface area contributed by atoms with E-state index in [1.54, 1.807) is 7.11 Å². The smallest absolute Gasteiger partial charge is 0.191 e. The summed E-state index contributed by atoms with van der Waals surface area (Å²) in [5.41, 5.74) is 1.62. The fourth-order valence-electron chi connectivity index (χ4n) is 4.47. The molecule has 0 amide bonds. The molecule has 1 aliphatic heterocycles. The van der Waals surface area contributed by atoms with Crippen molar-refractivity contribution in [3.8, 4) is 0 Å². The van der Waals surface area contributed by atoms with Crippen LogP contribution in [0.5, 0.6) is 0 Å². The van der Waals surface area contributed by atoms with Gasteiger partial charge in [-0.05, 0) is 62.1 Å². The molecule has 0 aromatic heterocycles. The average molecular weight is 550 g/mol. The van der Waals surface area contributed by atoms with Crippen molar-refractivity contribution in [2.24, 2.45) is 10.4 Å². The maximum absolute atomic E-state index is 6.30. The number of aliphatic imine (C=N–C) groups is 1. The lowest BCUT2D eigenvalue weighted by Crippen LogP contribution is -2.48. The molecule has 2 N–H and O–H groups in total. The van der Waals surface area contributed by atoms with Crippen molar-refractivity contribution in [2.75, 3.05) is 46.6 Å². The number of nitrogens with one attached hydrogen (secondary N) is 2. The zero-order valence-corrected chi connectivity index (χ0v) is 21.4. The Morgan fingerprint density at radius 3 is 2.57 bits per heavy atom. The third-order valence-electron chi connectivity index (χ3n) is 6.65. The molecule has 2 fully saturated rings. The Hall–Kier alpha value is -0.570. The highest BCUT2D eigenvalue weighted by atomic mass is 127. The van der Waals surface area contributed by atoms with Gasteiger partial charge in [0.05, 0.1) is 0 Å². The van der Waals surface area contributed by atoms with E-state index >= 15 is 0 Å². The number of hydrogen-bond acceptors (Lipinski definition) is 3. The van der Waals surface area contributed by atoms with Crippen LogP contribution >= 0.6 is 35.6 Å². The number of nitrogens with zero attached hydrogens (tertiary/aromatic N) is 1. The summed E-state index contributed by atoms with van der Waals surface area (Å²) in [6.07, 6.45) is 6.87. The average Bonchev–Trinajstić information content (AvgIpc) is 2.71. The maximum atomic E-state index is 6.30. The number of ether oxygens (including phenoxy) is 2. The standard InChI is InChI=1S/C23H36ClN3O2.HI/c1-3-25-21(26-17-22(8-5-9-22)10-13-28-2)27-18-23(11-14-29-15-12-23)19-6-4-7-20(24)16-19;/h4,6-7,16H,3,5,8-15,17-18H2,1-2H3,(H2,25,26,27);1H. The molecule has 3 rings (SSSR count). The first-order valence-electron chi connectivity index (χ1n) is 11.0. The van der Waals surface area contributed by atoms with Gasteiger partial charge in [0, 0.05) is 57.0 Å². The zero-order chi connectivity index (χ0) is 20.6. The number of halogens is 2. The highest BCUT2D eigenvalue weighted by Gasteiger charge is 2.37. The van der Waals surface area contributed by atoms with Crippen LogP contribution < -0.4 is 10.6 Å². The Morgan fingerprint density at radius 1 is 1.20 bits per heavy atom. The molecule has 1 saturated heterocycles. The first-order chi connectivity index (χ1) is 14.1. The monoisotopic (exact) mass is 549 g/mol. The topological polar surface area (TPSA) is 54.9 Å². The van der Waals surface area contributed by atoms with Crippen LogP contribution in [0, 0.1) is 5.41 Å². The minimum atomic E-state index is 0. The molecule has 0 spiro atoms. The van der Waals surface area contributed by atoms with Gasteiger partial charge in [0.2, 0.25) is 0 Å². The van der Waals surface area contributed by atoms with Crippen molar-refractivity contribution < 1.29 is 9.47 Å². The first-order valence-corrected chi connectivity index (χ1v) is 11.3. The van der Waals surface area contributed by atoms with Gasteiger partial charge in [-0.1, -0.05) is 30.2 Å². The van der Waals surface area contributed by atoms with Crippen LogP contribution in [0.25, 0.3) is 0 Å². The van der Waals surface area contributed by atoms with E-state index in [9.17, 15) is 0 Å². The summed E-state index contributed by atoms with van der Waals surface area (Å²) in [4.78, 5) is 4.97. The molecule has 0 unspecified atom stereocenters. The summed E-state index contributed by atoms with van der Waals surface area (Å²) < 4.78 is 11.0. The third-order valence-corrected chi connectivity index (χ3v) is 6.88. The second-order valence-corrected chi connectivity index (χ2v) is 8.98. The van der Waals surface area contributed by atoms with Crippen LogP contribution in [0.1, 0.15) is 51.0 Å². The van der Waals surface area contributed by atoms with Gasteiger partial charge >= 0.3 is 0 Å². The predicted octanol–water partition coefficient (Wildman–Crippen LogP) is 4.77. The van der Waals surface area contributed by atoms with E-state index in [-0.39, 0.29) is 29.4 Å². The Bertz CT molecular complexity index is 676. The summed E-state index contributed by atoms with van der Waals surface area (Å²) in [5.74, 6) is 0.907. The Labute approximate surface area is 203 Å². The minimum absolute atomic E-state index is 0. The van der Waals surface area contributed by atoms with Gasteiger partial charge in [0.25, 0.3) is 0 Å². The minimum Gasteiger partial charge on any atom is -0.385 e. The van der Waals surface area contributed by atoms with Gasteiger partial charge in [-0.15, -0.1) is 24.0 Å². The number of methoxy groups -OCH3 is 1. The molecule has 1 saturated carbocycles. The lowest BCUT2D eigenvalue weighted by molar-refractivity contribution is 0.0513. The van der Waals surface area contributed by atoms with Gasteiger partial charge in [0.15, 0.2) is 5.96 Å². The quantitative estimate of drug-likeness (QED) is 0.265. The van der Waals surface area contributed by atoms with Crippen molar-refractivity contribution in [3.63, 3.8) is 0 Å². The summed E-state index contributed by atoms with van der Waals surface area (Å²) >= 11 is 6.30. The number of guanidine groups is 1. The summed E-state index contributed by atoms with van der Waals surface area (Å²) in [5, 5.41) is 7.86. The van der Waals surface area contributed by atoms with Crippen LogP contribution in [0.3, 0.4) is 0 Å². The summed E-state index contributed by atoms with van der Waals surface area (Å²) in [6, 6.07) is 8.28. The Kier molecular flexibility index (Phi) is 10.7. The van der Waals surface area contributed by atoms with E-state index in [2.05, 4.69) is 29.7 Å². The van der Waals surface area contributed by atoms with Crippen molar-refractivity contribution in [1.82, 2.24) is 10.6 Å². The van der Waals surface area contributed by atoms with Crippen LogP contribution in [0.15, 0.2) is 29.3 Å². The molecular weight excluding hydrogens is 513 g/mol. The molecule has 2 aliphatic rings. The predicted molar refractivity (Wildman–Crippen MR) is 135 cm³/mol. The van der Waals surface area contributed by atoms with Crippen molar-refractivity contribution in [3.05, 3.63) is 34.9 Å². The van der Waals surface area contributed by atoms with Gasteiger partial charge in [-0.3, -0.25) is 4.99 Å². The van der Waals surface area contributed by atoms with Gasteiger partial charge < -0.3 is 20.1 Å². The molecule has 0 radical (unpaired) electrons. The van der Waals surface area contributed by atoms with Crippen LogP contribution in [-0.4, -0.2) is 52.5 Å². The molecule has 170 valence electrons. The molecule has 0 bridgehead atoms. The molecule has 1 aliphatic carbocycles. The Morgan fingerprint density at radius 2 is 1.97 bits per heavy atom. The molecule has 30 heavy (non-hydrogen) atoms. The van der Waals surface area contributed by atoms with E-state index in [1.807, 2.05) is 12.1 Å². The summed E-state index contributed by atoms with van der Waals surface area (Å²) in [7, 11) is 1.78. The fourth-order valence-corrected chi connectivity index (χ4v) is 4.66.